The zero-order valence-electron chi connectivity index (χ0n) is 22.5. The van der Waals surface area contributed by atoms with Gasteiger partial charge in [-0.1, -0.05) is 6.08 Å². The Balaban J connectivity index is 1.29. The highest BCUT2D eigenvalue weighted by Gasteiger charge is 2.30. The molecule has 0 N–H and O–H groups in total. The van der Waals surface area contributed by atoms with Crippen molar-refractivity contribution in [1.29, 1.82) is 0 Å². The van der Waals surface area contributed by atoms with E-state index in [0.29, 0.717) is 43.6 Å². The summed E-state index contributed by atoms with van der Waals surface area (Å²) >= 11 is 0. The number of ether oxygens (including phenoxy) is 3. The molecule has 0 atom stereocenters. The van der Waals surface area contributed by atoms with E-state index in [0.717, 1.165) is 29.5 Å². The number of fused-ring (bicyclic) bond motifs is 1. The van der Waals surface area contributed by atoms with Gasteiger partial charge in [0.1, 0.15) is 5.75 Å². The first-order chi connectivity index (χ1) is 18.3. The van der Waals surface area contributed by atoms with Crippen molar-refractivity contribution in [1.82, 2.24) is 19.3 Å². The zero-order valence-corrected chi connectivity index (χ0v) is 22.5. The molecule has 3 heterocycles. The van der Waals surface area contributed by atoms with Crippen LogP contribution in [-0.2, 0) is 25.5 Å². The standard InChI is InChI=1S/C28H36N4O6/c1-29(2)13-9-21-18-32(25-8-7-23(36-4)16-24(21)25)28(35)38-19-37-27(34)20-10-14-31(15-11-20)26(33)22-6-5-12-30(3)17-22/h5,7-8,12,16-18,20H,6,9-11,13-15,19H2,1-4H3. The number of methoxy groups -OCH3 is 1. The van der Waals surface area contributed by atoms with Crippen LogP contribution in [0.25, 0.3) is 10.9 Å². The van der Waals surface area contributed by atoms with Crippen molar-refractivity contribution in [3.63, 3.8) is 0 Å². The second-order valence-electron chi connectivity index (χ2n) is 9.93. The monoisotopic (exact) mass is 524 g/mol. The molecule has 0 bridgehead atoms. The molecule has 1 saturated heterocycles. The van der Waals surface area contributed by atoms with Crippen LogP contribution in [-0.4, -0.2) is 91.9 Å². The molecule has 0 radical (unpaired) electrons. The third-order valence-electron chi connectivity index (χ3n) is 6.93. The van der Waals surface area contributed by atoms with Crippen LogP contribution in [0.4, 0.5) is 4.79 Å². The third kappa shape index (κ3) is 6.36. The Hall–Kier alpha value is -3.79. The number of benzene rings is 1. The lowest BCUT2D eigenvalue weighted by molar-refractivity contribution is -0.159. The lowest BCUT2D eigenvalue weighted by atomic mass is 9.96. The van der Waals surface area contributed by atoms with E-state index in [2.05, 4.69) is 4.90 Å². The molecule has 1 fully saturated rings. The van der Waals surface area contributed by atoms with Gasteiger partial charge in [-0.15, -0.1) is 0 Å². The average molecular weight is 525 g/mol. The quantitative estimate of drug-likeness (QED) is 0.384. The minimum absolute atomic E-state index is 0.00321. The number of hydrogen-bond acceptors (Lipinski definition) is 8. The molecule has 1 amide bonds. The Morgan fingerprint density at radius 3 is 2.55 bits per heavy atom. The van der Waals surface area contributed by atoms with Crippen molar-refractivity contribution >= 4 is 28.9 Å². The Bertz CT molecular complexity index is 1240. The zero-order chi connectivity index (χ0) is 27.2. The van der Waals surface area contributed by atoms with Crippen LogP contribution in [0, 0.1) is 5.92 Å². The van der Waals surface area contributed by atoms with Gasteiger partial charge in [0.15, 0.2) is 0 Å². The Morgan fingerprint density at radius 1 is 1.11 bits per heavy atom. The van der Waals surface area contributed by atoms with Gasteiger partial charge in [0.2, 0.25) is 6.79 Å². The number of esters is 1. The Morgan fingerprint density at radius 2 is 1.87 bits per heavy atom. The van der Waals surface area contributed by atoms with Crippen LogP contribution in [0.2, 0.25) is 0 Å². The van der Waals surface area contributed by atoms with Gasteiger partial charge in [-0.2, -0.15) is 0 Å². The maximum Gasteiger partial charge on any atom is 0.421 e. The van der Waals surface area contributed by atoms with E-state index < -0.39 is 18.9 Å². The molecule has 1 aromatic carbocycles. The first-order valence-corrected chi connectivity index (χ1v) is 12.8. The molecule has 0 aliphatic carbocycles. The summed E-state index contributed by atoms with van der Waals surface area (Å²) in [6.07, 6.45) is 9.24. The second-order valence-corrected chi connectivity index (χ2v) is 9.93. The number of carbonyl (C=O) groups excluding carboxylic acids is 3. The maximum absolute atomic E-state index is 12.9. The predicted octanol–water partition coefficient (Wildman–Crippen LogP) is 3.21. The van der Waals surface area contributed by atoms with Crippen molar-refractivity contribution in [3.8, 4) is 5.75 Å². The van der Waals surface area contributed by atoms with Gasteiger partial charge in [-0.25, -0.2) is 4.79 Å². The smallest absolute Gasteiger partial charge is 0.421 e. The summed E-state index contributed by atoms with van der Waals surface area (Å²) in [7, 11) is 7.48. The second kappa shape index (κ2) is 12.2. The van der Waals surface area contributed by atoms with E-state index in [1.165, 1.54) is 4.57 Å². The van der Waals surface area contributed by atoms with E-state index in [1.807, 2.05) is 56.7 Å². The first-order valence-electron chi connectivity index (χ1n) is 12.8. The van der Waals surface area contributed by atoms with Gasteiger partial charge in [0, 0.05) is 50.0 Å². The lowest BCUT2D eigenvalue weighted by Crippen LogP contribution is -2.41. The Kier molecular flexibility index (Phi) is 8.73. The summed E-state index contributed by atoms with van der Waals surface area (Å²) < 4.78 is 17.4. The van der Waals surface area contributed by atoms with E-state index in [4.69, 9.17) is 14.2 Å². The first kappa shape index (κ1) is 27.3. The van der Waals surface area contributed by atoms with E-state index in [9.17, 15) is 14.4 Å². The van der Waals surface area contributed by atoms with Crippen LogP contribution < -0.4 is 4.74 Å². The van der Waals surface area contributed by atoms with Crippen LogP contribution in [0.3, 0.4) is 0 Å². The van der Waals surface area contributed by atoms with Gasteiger partial charge in [-0.05, 0) is 69.7 Å². The summed E-state index contributed by atoms with van der Waals surface area (Å²) in [5, 5.41) is 0.910. The Labute approximate surface area is 223 Å². The molecule has 10 nitrogen and oxygen atoms in total. The summed E-state index contributed by atoms with van der Waals surface area (Å²) in [6, 6.07) is 5.51. The van der Waals surface area contributed by atoms with Gasteiger partial charge < -0.3 is 28.9 Å². The average Bonchev–Trinajstić information content (AvgIpc) is 3.29. The molecule has 0 saturated carbocycles. The maximum atomic E-state index is 12.9. The molecule has 2 aromatic rings. The van der Waals surface area contributed by atoms with Gasteiger partial charge >= 0.3 is 12.1 Å². The number of allylic oxidation sites excluding steroid dienone is 1. The molecule has 204 valence electrons. The van der Waals surface area contributed by atoms with Crippen LogP contribution >= 0.6 is 0 Å². The number of carbonyl (C=O) groups is 3. The number of nitrogens with zero attached hydrogens (tertiary/aromatic N) is 4. The number of likely N-dealkylation sites (N-methyl/N-ethyl adjacent to an activating group) is 1. The molecule has 2 aliphatic rings. The highest BCUT2D eigenvalue weighted by Crippen LogP contribution is 2.27. The van der Waals surface area contributed by atoms with Crippen LogP contribution in [0.15, 0.2) is 48.4 Å². The normalized spacial score (nSPS) is 16.1. The number of amides is 1. The minimum atomic E-state index is -0.621. The number of piperidine rings is 1. The lowest BCUT2D eigenvalue weighted by Gasteiger charge is -2.32. The number of aromatic nitrogens is 1. The van der Waals surface area contributed by atoms with Crippen molar-refractivity contribution in [2.75, 3.05) is 54.7 Å². The highest BCUT2D eigenvalue weighted by molar-refractivity contribution is 5.94. The topological polar surface area (TPSA) is 93.5 Å². The number of rotatable bonds is 8. The van der Waals surface area contributed by atoms with E-state index in [-0.39, 0.29) is 11.8 Å². The molecule has 2 aliphatic heterocycles. The van der Waals surface area contributed by atoms with Crippen molar-refractivity contribution in [3.05, 3.63) is 54.0 Å². The molecule has 0 spiro atoms. The van der Waals surface area contributed by atoms with E-state index in [1.54, 1.807) is 24.3 Å². The number of hydrogen-bond donors (Lipinski definition) is 0. The van der Waals surface area contributed by atoms with Crippen LogP contribution in [0.1, 0.15) is 24.8 Å². The van der Waals surface area contributed by atoms with Gasteiger partial charge in [-0.3, -0.25) is 14.2 Å². The summed E-state index contributed by atoms with van der Waals surface area (Å²) in [5.74, 6) is -0.0455. The van der Waals surface area contributed by atoms with Gasteiger partial charge in [0.05, 0.1) is 18.5 Å². The molecule has 38 heavy (non-hydrogen) atoms. The largest absolute Gasteiger partial charge is 0.497 e. The molecule has 10 heteroatoms. The van der Waals surface area contributed by atoms with Crippen molar-refractivity contribution in [2.45, 2.75) is 25.7 Å². The predicted molar refractivity (Wildman–Crippen MR) is 142 cm³/mol. The van der Waals surface area contributed by atoms with Crippen molar-refractivity contribution < 1.29 is 28.6 Å². The molecule has 0 unspecified atom stereocenters. The summed E-state index contributed by atoms with van der Waals surface area (Å²) in [6.45, 7) is 1.32. The molecular formula is C28H36N4O6. The molecule has 1 aromatic heterocycles. The van der Waals surface area contributed by atoms with Crippen LogP contribution in [0.5, 0.6) is 5.75 Å². The summed E-state index contributed by atoms with van der Waals surface area (Å²) in [4.78, 5) is 44.0. The van der Waals surface area contributed by atoms with E-state index >= 15 is 0 Å². The fourth-order valence-electron chi connectivity index (χ4n) is 4.78. The summed E-state index contributed by atoms with van der Waals surface area (Å²) in [5.41, 5.74) is 2.43. The van der Waals surface area contributed by atoms with Crippen molar-refractivity contribution in [2.24, 2.45) is 5.92 Å². The van der Waals surface area contributed by atoms with Gasteiger partial charge in [0.25, 0.3) is 5.91 Å². The molecule has 4 rings (SSSR count). The molecular weight excluding hydrogens is 488 g/mol. The number of likely N-dealkylation sites (tertiary alicyclic amines) is 1. The fraction of sp³-hybridized carbons (Fsp3) is 0.464. The fourth-order valence-corrected chi connectivity index (χ4v) is 4.78. The SMILES string of the molecule is COc1ccc2c(c1)c(CCN(C)C)cn2C(=O)OCOC(=O)C1CCN(C(=O)C2=CN(C)C=CC2)CC1. The third-order valence-corrected chi connectivity index (χ3v) is 6.93. The minimum Gasteiger partial charge on any atom is -0.497 e. The highest BCUT2D eigenvalue weighted by atomic mass is 16.7.